The Morgan fingerprint density at radius 1 is 1.31 bits per heavy atom. The summed E-state index contributed by atoms with van der Waals surface area (Å²) in [6.07, 6.45) is 8.54. The summed E-state index contributed by atoms with van der Waals surface area (Å²) < 4.78 is 13.1. The largest absolute Gasteiger partial charge is 0.368 e. The number of halogens is 1. The molecule has 4 heteroatoms. The highest BCUT2D eigenvalue weighted by molar-refractivity contribution is 7.98. The van der Waals surface area contributed by atoms with Crippen LogP contribution in [0.4, 0.5) is 10.2 Å². The van der Waals surface area contributed by atoms with Crippen LogP contribution in [0.15, 0.2) is 18.3 Å². The molecule has 1 aromatic heterocycles. The van der Waals surface area contributed by atoms with E-state index in [1.807, 2.05) is 11.8 Å². The summed E-state index contributed by atoms with van der Waals surface area (Å²) in [5, 5.41) is 3.01. The summed E-state index contributed by atoms with van der Waals surface area (Å²) in [4.78, 5) is 3.94. The van der Waals surface area contributed by atoms with Gasteiger partial charge in [-0.05, 0) is 37.0 Å². The standard InChI is InChI=1S/C12H19FN2S/c1-16-10-5-3-2-4-8-14-12-11(13)7-6-9-15-12/h6-7,9H,2-5,8,10H2,1H3,(H,14,15). The molecular weight excluding hydrogens is 223 g/mol. The predicted molar refractivity (Wildman–Crippen MR) is 69.5 cm³/mol. The molecule has 0 aromatic carbocycles. The number of hydrogen-bond acceptors (Lipinski definition) is 3. The molecule has 0 aliphatic rings. The van der Waals surface area contributed by atoms with Crippen molar-refractivity contribution in [1.82, 2.24) is 4.98 Å². The molecule has 0 bridgehead atoms. The zero-order valence-electron chi connectivity index (χ0n) is 9.71. The van der Waals surface area contributed by atoms with Crippen LogP contribution in [-0.4, -0.2) is 23.5 Å². The van der Waals surface area contributed by atoms with E-state index in [1.54, 1.807) is 12.3 Å². The molecule has 1 N–H and O–H groups in total. The quantitative estimate of drug-likeness (QED) is 0.706. The van der Waals surface area contributed by atoms with E-state index in [0.29, 0.717) is 5.82 Å². The van der Waals surface area contributed by atoms with Crippen molar-refractivity contribution >= 4 is 17.6 Å². The summed E-state index contributed by atoms with van der Waals surface area (Å²) in [6, 6.07) is 3.02. The van der Waals surface area contributed by atoms with E-state index in [2.05, 4.69) is 16.6 Å². The molecule has 16 heavy (non-hydrogen) atoms. The molecule has 1 rings (SSSR count). The molecule has 0 spiro atoms. The zero-order valence-corrected chi connectivity index (χ0v) is 10.5. The second kappa shape index (κ2) is 8.39. The van der Waals surface area contributed by atoms with Gasteiger partial charge >= 0.3 is 0 Å². The summed E-state index contributed by atoms with van der Waals surface area (Å²) in [7, 11) is 0. The Labute approximate surface area is 101 Å². The van der Waals surface area contributed by atoms with E-state index in [1.165, 1.54) is 31.1 Å². The van der Waals surface area contributed by atoms with Crippen molar-refractivity contribution in [3.63, 3.8) is 0 Å². The predicted octanol–water partition coefficient (Wildman–Crippen LogP) is 3.56. The van der Waals surface area contributed by atoms with Crippen LogP contribution in [0.5, 0.6) is 0 Å². The smallest absolute Gasteiger partial charge is 0.165 e. The molecular formula is C12H19FN2S. The third-order valence-corrected chi connectivity index (χ3v) is 3.02. The number of unbranched alkanes of at least 4 members (excludes halogenated alkanes) is 3. The Kier molecular flexibility index (Phi) is 6.97. The normalized spacial score (nSPS) is 10.4. The fourth-order valence-electron chi connectivity index (χ4n) is 1.45. The minimum absolute atomic E-state index is 0.273. The van der Waals surface area contributed by atoms with Crippen LogP contribution < -0.4 is 5.32 Å². The number of pyridine rings is 1. The molecule has 1 aromatic rings. The minimum atomic E-state index is -0.273. The molecule has 0 atom stereocenters. The zero-order chi connectivity index (χ0) is 11.6. The Hall–Kier alpha value is -0.770. The molecule has 0 unspecified atom stereocenters. The highest BCUT2D eigenvalue weighted by atomic mass is 32.2. The molecule has 90 valence electrons. The summed E-state index contributed by atoms with van der Waals surface area (Å²) in [6.45, 7) is 0.799. The van der Waals surface area contributed by atoms with Crippen molar-refractivity contribution in [2.24, 2.45) is 0 Å². The molecule has 1 heterocycles. The van der Waals surface area contributed by atoms with E-state index in [4.69, 9.17) is 0 Å². The molecule has 0 amide bonds. The summed E-state index contributed by atoms with van der Waals surface area (Å²) in [5.41, 5.74) is 0. The highest BCUT2D eigenvalue weighted by Crippen LogP contribution is 2.09. The first kappa shape index (κ1) is 13.3. The van der Waals surface area contributed by atoms with Crippen molar-refractivity contribution < 1.29 is 4.39 Å². The Bertz CT molecular complexity index is 294. The third-order valence-electron chi connectivity index (χ3n) is 2.33. The maximum absolute atomic E-state index is 13.1. The third kappa shape index (κ3) is 5.35. The van der Waals surface area contributed by atoms with Gasteiger partial charge in [0.25, 0.3) is 0 Å². The maximum Gasteiger partial charge on any atom is 0.165 e. The average Bonchev–Trinajstić information content (AvgIpc) is 2.30. The maximum atomic E-state index is 13.1. The fraction of sp³-hybridized carbons (Fsp3) is 0.583. The first-order valence-corrected chi connectivity index (χ1v) is 7.07. The number of thioether (sulfide) groups is 1. The van der Waals surface area contributed by atoms with Crippen molar-refractivity contribution in [3.05, 3.63) is 24.1 Å². The van der Waals surface area contributed by atoms with Crippen LogP contribution >= 0.6 is 11.8 Å². The van der Waals surface area contributed by atoms with E-state index < -0.39 is 0 Å². The van der Waals surface area contributed by atoms with Crippen LogP contribution in [0.2, 0.25) is 0 Å². The second-order valence-electron chi connectivity index (χ2n) is 3.67. The van der Waals surface area contributed by atoms with Gasteiger partial charge in [-0.15, -0.1) is 0 Å². The molecule has 0 radical (unpaired) electrons. The average molecular weight is 242 g/mol. The Morgan fingerprint density at radius 3 is 2.88 bits per heavy atom. The van der Waals surface area contributed by atoms with Crippen molar-refractivity contribution in [1.29, 1.82) is 0 Å². The molecule has 0 aliphatic heterocycles. The lowest BCUT2D eigenvalue weighted by Gasteiger charge is -2.05. The van der Waals surface area contributed by atoms with Crippen LogP contribution in [0.1, 0.15) is 25.7 Å². The van der Waals surface area contributed by atoms with Gasteiger partial charge in [0.2, 0.25) is 0 Å². The summed E-state index contributed by atoms with van der Waals surface area (Å²) >= 11 is 1.89. The van der Waals surface area contributed by atoms with E-state index in [0.717, 1.165) is 13.0 Å². The summed E-state index contributed by atoms with van der Waals surface area (Å²) in [5.74, 6) is 1.33. The van der Waals surface area contributed by atoms with Gasteiger partial charge in [-0.2, -0.15) is 11.8 Å². The van der Waals surface area contributed by atoms with Gasteiger partial charge in [0.15, 0.2) is 11.6 Å². The van der Waals surface area contributed by atoms with Crippen LogP contribution in [0, 0.1) is 5.82 Å². The molecule has 0 saturated heterocycles. The van der Waals surface area contributed by atoms with E-state index in [-0.39, 0.29) is 5.82 Å². The minimum Gasteiger partial charge on any atom is -0.368 e. The van der Waals surface area contributed by atoms with Gasteiger partial charge in [-0.25, -0.2) is 9.37 Å². The van der Waals surface area contributed by atoms with Crippen molar-refractivity contribution in [3.8, 4) is 0 Å². The van der Waals surface area contributed by atoms with Gasteiger partial charge in [0.1, 0.15) is 0 Å². The van der Waals surface area contributed by atoms with Crippen LogP contribution in [0.25, 0.3) is 0 Å². The molecule has 0 aliphatic carbocycles. The molecule has 2 nitrogen and oxygen atoms in total. The van der Waals surface area contributed by atoms with Crippen LogP contribution in [0.3, 0.4) is 0 Å². The van der Waals surface area contributed by atoms with Gasteiger partial charge in [0, 0.05) is 12.7 Å². The number of nitrogens with zero attached hydrogens (tertiary/aromatic N) is 1. The van der Waals surface area contributed by atoms with Gasteiger partial charge < -0.3 is 5.32 Å². The molecule has 0 saturated carbocycles. The first-order valence-electron chi connectivity index (χ1n) is 5.68. The van der Waals surface area contributed by atoms with Gasteiger partial charge in [-0.3, -0.25) is 0 Å². The molecule has 0 fully saturated rings. The first-order chi connectivity index (χ1) is 7.84. The van der Waals surface area contributed by atoms with Crippen molar-refractivity contribution in [2.75, 3.05) is 23.9 Å². The lowest BCUT2D eigenvalue weighted by molar-refractivity contribution is 0.621. The van der Waals surface area contributed by atoms with E-state index >= 15 is 0 Å². The van der Waals surface area contributed by atoms with E-state index in [9.17, 15) is 4.39 Å². The van der Waals surface area contributed by atoms with Gasteiger partial charge in [-0.1, -0.05) is 12.8 Å². The van der Waals surface area contributed by atoms with Gasteiger partial charge in [0.05, 0.1) is 0 Å². The van der Waals surface area contributed by atoms with Crippen molar-refractivity contribution in [2.45, 2.75) is 25.7 Å². The highest BCUT2D eigenvalue weighted by Gasteiger charge is 1.99. The van der Waals surface area contributed by atoms with Crippen LogP contribution in [-0.2, 0) is 0 Å². The number of rotatable bonds is 8. The Balaban J connectivity index is 2.05. The SMILES string of the molecule is CSCCCCCCNc1ncccc1F. The lowest BCUT2D eigenvalue weighted by atomic mass is 10.2. The topological polar surface area (TPSA) is 24.9 Å². The Morgan fingerprint density at radius 2 is 2.12 bits per heavy atom. The second-order valence-corrected chi connectivity index (χ2v) is 4.65. The fourth-order valence-corrected chi connectivity index (χ4v) is 1.94. The number of hydrogen-bond donors (Lipinski definition) is 1. The number of aromatic nitrogens is 1. The number of nitrogens with one attached hydrogen (secondary N) is 1. The number of anilines is 1. The monoisotopic (exact) mass is 242 g/mol. The lowest BCUT2D eigenvalue weighted by Crippen LogP contribution is -2.05.